The van der Waals surface area contributed by atoms with Crippen LogP contribution in [0.1, 0.15) is 0 Å². The zero-order chi connectivity index (χ0) is 15.6. The first-order chi connectivity index (χ1) is 11.3. The zero-order valence-corrected chi connectivity index (χ0v) is 11.8. The molecule has 2 heterocycles. The number of nitrogens with zero attached hydrogens (tertiary/aromatic N) is 5. The van der Waals surface area contributed by atoms with Crippen molar-refractivity contribution in [2.45, 2.75) is 0 Å². The van der Waals surface area contributed by atoms with Gasteiger partial charge >= 0.3 is 0 Å². The number of rotatable bonds is 3. The average molecular weight is 307 g/mol. The minimum Gasteiger partial charge on any atom is -0.355 e. The highest BCUT2D eigenvalue weighted by Crippen LogP contribution is 2.32. The van der Waals surface area contributed by atoms with Gasteiger partial charge in [0, 0.05) is 0 Å². The van der Waals surface area contributed by atoms with Gasteiger partial charge < -0.3 is 4.52 Å². The molecule has 0 unspecified atom stereocenters. The van der Waals surface area contributed by atoms with Crippen LogP contribution >= 0.6 is 0 Å². The van der Waals surface area contributed by atoms with E-state index < -0.39 is 5.82 Å². The summed E-state index contributed by atoms with van der Waals surface area (Å²) in [6, 6.07) is 15.7. The fourth-order valence-corrected chi connectivity index (χ4v) is 2.34. The Labute approximate surface area is 130 Å². The zero-order valence-electron chi connectivity index (χ0n) is 11.8. The smallest absolute Gasteiger partial charge is 0.192 e. The summed E-state index contributed by atoms with van der Waals surface area (Å²) in [4.78, 5) is 0. The molecule has 0 aliphatic rings. The molecule has 0 saturated carbocycles. The van der Waals surface area contributed by atoms with E-state index in [1.54, 1.807) is 22.9 Å². The predicted octanol–water partition coefficient (Wildman–Crippen LogP) is 3.12. The van der Waals surface area contributed by atoms with Crippen LogP contribution in [0.15, 0.2) is 65.3 Å². The Morgan fingerprint density at radius 1 is 0.913 bits per heavy atom. The van der Waals surface area contributed by atoms with Crippen LogP contribution in [0.25, 0.3) is 28.4 Å². The van der Waals surface area contributed by atoms with Crippen molar-refractivity contribution in [2.24, 2.45) is 0 Å². The Kier molecular flexibility index (Phi) is 3.16. The molecule has 0 fully saturated rings. The lowest BCUT2D eigenvalue weighted by Gasteiger charge is -2.04. The maximum Gasteiger partial charge on any atom is 0.192 e. The molecule has 0 saturated heterocycles. The number of hydrogen-bond donors (Lipinski definition) is 0. The molecule has 2 aromatic heterocycles. The molecular formula is C16H10FN5O. The van der Waals surface area contributed by atoms with Gasteiger partial charge in [-0.2, -0.15) is 4.68 Å². The molecule has 0 atom stereocenters. The van der Waals surface area contributed by atoms with Gasteiger partial charge in [-0.05, 0) is 34.7 Å². The Hall–Kier alpha value is -3.35. The van der Waals surface area contributed by atoms with E-state index in [1.165, 1.54) is 12.3 Å². The highest BCUT2D eigenvalue weighted by atomic mass is 19.1. The highest BCUT2D eigenvalue weighted by molar-refractivity contribution is 5.76. The summed E-state index contributed by atoms with van der Waals surface area (Å²) in [6.45, 7) is 0. The Bertz CT molecular complexity index is 948. The molecule has 0 aliphatic carbocycles. The Morgan fingerprint density at radius 2 is 1.70 bits per heavy atom. The van der Waals surface area contributed by atoms with Crippen molar-refractivity contribution in [2.75, 3.05) is 0 Å². The average Bonchev–Trinajstić information content (AvgIpc) is 3.25. The van der Waals surface area contributed by atoms with Crippen LogP contribution in [0.3, 0.4) is 0 Å². The number of hydrogen-bond acceptors (Lipinski definition) is 5. The minimum absolute atomic E-state index is 0.287. The monoisotopic (exact) mass is 307 g/mol. The molecule has 0 N–H and O–H groups in total. The molecule has 6 nitrogen and oxygen atoms in total. The summed E-state index contributed by atoms with van der Waals surface area (Å²) in [6.07, 6.45) is 1.48. The van der Waals surface area contributed by atoms with Gasteiger partial charge in [-0.1, -0.05) is 35.5 Å². The van der Waals surface area contributed by atoms with E-state index in [9.17, 15) is 4.39 Å². The van der Waals surface area contributed by atoms with Gasteiger partial charge in [-0.25, -0.2) is 4.39 Å². The van der Waals surface area contributed by atoms with Gasteiger partial charge in [0.2, 0.25) is 0 Å². The topological polar surface area (TPSA) is 69.6 Å². The lowest BCUT2D eigenvalue weighted by molar-refractivity contribution is 0.430. The first-order valence-electron chi connectivity index (χ1n) is 6.88. The SMILES string of the molecule is Fc1ccccc1-c1oncc1-c1nnnn1-c1ccccc1. The highest BCUT2D eigenvalue weighted by Gasteiger charge is 2.21. The number of para-hydroxylation sites is 1. The molecule has 0 radical (unpaired) electrons. The standard InChI is InChI=1S/C16H10FN5O/c17-14-9-5-4-8-12(14)15-13(10-18-23-15)16-19-20-21-22(16)11-6-2-1-3-7-11/h1-10H. The van der Waals surface area contributed by atoms with Gasteiger partial charge in [0.25, 0.3) is 0 Å². The second-order valence-electron chi connectivity index (χ2n) is 4.80. The first-order valence-corrected chi connectivity index (χ1v) is 6.88. The second-order valence-corrected chi connectivity index (χ2v) is 4.80. The van der Waals surface area contributed by atoms with E-state index in [2.05, 4.69) is 20.7 Å². The summed E-state index contributed by atoms with van der Waals surface area (Å²) in [7, 11) is 0. The molecule has 7 heteroatoms. The van der Waals surface area contributed by atoms with Gasteiger partial charge in [0.1, 0.15) is 5.82 Å². The fourth-order valence-electron chi connectivity index (χ4n) is 2.34. The number of tetrazole rings is 1. The van der Waals surface area contributed by atoms with Gasteiger partial charge in [-0.15, -0.1) is 5.10 Å². The number of aromatic nitrogens is 5. The number of benzene rings is 2. The van der Waals surface area contributed by atoms with Crippen LogP contribution in [0, 0.1) is 5.82 Å². The van der Waals surface area contributed by atoms with E-state index in [0.717, 1.165) is 5.69 Å². The molecule has 23 heavy (non-hydrogen) atoms. The van der Waals surface area contributed by atoms with E-state index in [-0.39, 0.29) is 5.76 Å². The van der Waals surface area contributed by atoms with Crippen molar-refractivity contribution in [1.29, 1.82) is 0 Å². The molecule has 0 bridgehead atoms. The largest absolute Gasteiger partial charge is 0.355 e. The maximum atomic E-state index is 14.1. The molecule has 2 aromatic carbocycles. The van der Waals surface area contributed by atoms with Crippen molar-refractivity contribution in [3.05, 3.63) is 66.6 Å². The van der Waals surface area contributed by atoms with E-state index in [1.807, 2.05) is 30.3 Å². The van der Waals surface area contributed by atoms with Crippen LogP contribution in [0.2, 0.25) is 0 Å². The maximum absolute atomic E-state index is 14.1. The summed E-state index contributed by atoms with van der Waals surface area (Å²) in [5.74, 6) is 0.315. The van der Waals surface area contributed by atoms with Crippen LogP contribution in [-0.4, -0.2) is 25.4 Å². The third-order valence-corrected chi connectivity index (χ3v) is 3.40. The van der Waals surface area contributed by atoms with Gasteiger partial charge in [0.05, 0.1) is 23.0 Å². The van der Waals surface area contributed by atoms with Crippen molar-refractivity contribution >= 4 is 0 Å². The van der Waals surface area contributed by atoms with Crippen molar-refractivity contribution in [3.63, 3.8) is 0 Å². The van der Waals surface area contributed by atoms with Crippen molar-refractivity contribution in [1.82, 2.24) is 25.4 Å². The second kappa shape index (κ2) is 5.45. The van der Waals surface area contributed by atoms with E-state index in [0.29, 0.717) is 17.0 Å². The third kappa shape index (κ3) is 2.28. The Morgan fingerprint density at radius 3 is 2.52 bits per heavy atom. The fraction of sp³-hybridized carbons (Fsp3) is 0. The molecule has 0 amide bonds. The normalized spacial score (nSPS) is 10.8. The predicted molar refractivity (Wildman–Crippen MR) is 80.0 cm³/mol. The van der Waals surface area contributed by atoms with Crippen molar-refractivity contribution in [3.8, 4) is 28.4 Å². The van der Waals surface area contributed by atoms with Gasteiger partial charge in [-0.3, -0.25) is 0 Å². The summed E-state index contributed by atoms with van der Waals surface area (Å²) < 4.78 is 20.9. The van der Waals surface area contributed by atoms with Crippen LogP contribution < -0.4 is 0 Å². The lowest BCUT2D eigenvalue weighted by Crippen LogP contribution is -1.99. The summed E-state index contributed by atoms with van der Waals surface area (Å²) >= 11 is 0. The number of halogens is 1. The minimum atomic E-state index is -0.399. The quantitative estimate of drug-likeness (QED) is 0.581. The molecular weight excluding hydrogens is 297 g/mol. The lowest BCUT2D eigenvalue weighted by atomic mass is 10.1. The molecule has 0 aliphatic heterocycles. The van der Waals surface area contributed by atoms with Crippen LogP contribution in [-0.2, 0) is 0 Å². The summed E-state index contributed by atoms with van der Waals surface area (Å²) in [5.41, 5.74) is 1.61. The van der Waals surface area contributed by atoms with Gasteiger partial charge in [0.15, 0.2) is 11.6 Å². The molecule has 0 spiro atoms. The van der Waals surface area contributed by atoms with Crippen LogP contribution in [0.5, 0.6) is 0 Å². The third-order valence-electron chi connectivity index (χ3n) is 3.40. The Balaban J connectivity index is 1.88. The summed E-state index contributed by atoms with van der Waals surface area (Å²) in [5, 5.41) is 15.5. The van der Waals surface area contributed by atoms with E-state index in [4.69, 9.17) is 4.52 Å². The van der Waals surface area contributed by atoms with Crippen molar-refractivity contribution < 1.29 is 8.91 Å². The molecule has 112 valence electrons. The molecule has 4 aromatic rings. The van der Waals surface area contributed by atoms with Crippen LogP contribution in [0.4, 0.5) is 4.39 Å². The molecule has 4 rings (SSSR count). The first kappa shape index (κ1) is 13.3. The van der Waals surface area contributed by atoms with E-state index >= 15 is 0 Å².